The second-order valence-corrected chi connectivity index (χ2v) is 8.47. The largest absolute Gasteiger partial charge is 0.462 e. The number of carbonyl (C=O) groups is 4. The molecule has 2 amide bonds. The summed E-state index contributed by atoms with van der Waals surface area (Å²) in [5.74, 6) is -2.28. The first kappa shape index (κ1) is 25.0. The monoisotopic (exact) mass is 466 g/mol. The molecular formula is C26H30N2O6. The number of aryl methyl sites for hydroxylation is 2. The van der Waals surface area contributed by atoms with E-state index in [1.165, 1.54) is 0 Å². The molecule has 0 aromatic heterocycles. The Morgan fingerprint density at radius 1 is 1.03 bits per heavy atom. The molecule has 2 aromatic carbocycles. The van der Waals surface area contributed by atoms with Crippen LogP contribution < -0.4 is 10.2 Å². The summed E-state index contributed by atoms with van der Waals surface area (Å²) >= 11 is 0. The predicted octanol–water partition coefficient (Wildman–Crippen LogP) is 3.80. The normalized spacial score (nSPS) is 15.2. The fourth-order valence-corrected chi connectivity index (χ4v) is 3.76. The highest BCUT2D eigenvalue weighted by atomic mass is 16.5. The highest BCUT2D eigenvalue weighted by molar-refractivity contribution is 6.00. The van der Waals surface area contributed by atoms with Gasteiger partial charge in [-0.1, -0.05) is 19.4 Å². The van der Waals surface area contributed by atoms with Crippen molar-refractivity contribution < 1.29 is 28.7 Å². The Hall–Kier alpha value is -3.68. The van der Waals surface area contributed by atoms with Gasteiger partial charge in [-0.3, -0.25) is 14.4 Å². The minimum atomic E-state index is -0.626. The third-order valence-electron chi connectivity index (χ3n) is 5.46. The minimum absolute atomic E-state index is 0.0449. The highest BCUT2D eigenvalue weighted by Gasteiger charge is 2.36. The number of nitrogens with one attached hydrogen (secondary N) is 1. The van der Waals surface area contributed by atoms with E-state index < -0.39 is 30.4 Å². The molecule has 0 radical (unpaired) electrons. The third-order valence-corrected chi connectivity index (χ3v) is 5.46. The topological polar surface area (TPSA) is 102 Å². The van der Waals surface area contributed by atoms with Crippen LogP contribution in [0.15, 0.2) is 42.5 Å². The van der Waals surface area contributed by atoms with Crippen molar-refractivity contribution in [3.8, 4) is 0 Å². The Labute approximate surface area is 199 Å². The molecule has 8 nitrogen and oxygen atoms in total. The van der Waals surface area contributed by atoms with Crippen LogP contribution in [0.2, 0.25) is 0 Å². The molecule has 0 bridgehead atoms. The van der Waals surface area contributed by atoms with Gasteiger partial charge in [0.25, 0.3) is 5.91 Å². The second kappa shape index (κ2) is 11.4. The van der Waals surface area contributed by atoms with Crippen LogP contribution in [0.25, 0.3) is 0 Å². The number of carbonyl (C=O) groups excluding carboxylic acids is 4. The minimum Gasteiger partial charge on any atom is -0.462 e. The van der Waals surface area contributed by atoms with E-state index in [4.69, 9.17) is 9.47 Å². The van der Waals surface area contributed by atoms with Gasteiger partial charge in [0, 0.05) is 24.3 Å². The van der Waals surface area contributed by atoms with Crippen molar-refractivity contribution in [2.75, 3.05) is 30.0 Å². The maximum atomic E-state index is 12.5. The Balaban J connectivity index is 1.47. The molecule has 1 aliphatic rings. The number of rotatable bonds is 9. The molecule has 1 atom stereocenters. The van der Waals surface area contributed by atoms with Crippen molar-refractivity contribution in [3.05, 3.63) is 59.2 Å². The molecule has 1 fully saturated rings. The summed E-state index contributed by atoms with van der Waals surface area (Å²) in [6, 6.07) is 12.1. The number of benzene rings is 2. The van der Waals surface area contributed by atoms with Crippen LogP contribution in [0.5, 0.6) is 0 Å². The first-order chi connectivity index (χ1) is 16.3. The van der Waals surface area contributed by atoms with Crippen molar-refractivity contribution in [1.29, 1.82) is 0 Å². The van der Waals surface area contributed by atoms with E-state index in [9.17, 15) is 19.2 Å². The molecule has 1 N–H and O–H groups in total. The van der Waals surface area contributed by atoms with Crippen LogP contribution in [0.1, 0.15) is 47.7 Å². The molecule has 2 aromatic rings. The van der Waals surface area contributed by atoms with Crippen LogP contribution in [0, 0.1) is 19.8 Å². The van der Waals surface area contributed by atoms with E-state index in [-0.39, 0.29) is 18.9 Å². The van der Waals surface area contributed by atoms with Gasteiger partial charge < -0.3 is 19.7 Å². The smallest absolute Gasteiger partial charge is 0.338 e. The van der Waals surface area contributed by atoms with Crippen LogP contribution >= 0.6 is 0 Å². The first-order valence-electron chi connectivity index (χ1n) is 11.4. The summed E-state index contributed by atoms with van der Waals surface area (Å²) in [6.07, 6.45) is 1.78. The molecule has 0 spiro atoms. The number of anilines is 2. The van der Waals surface area contributed by atoms with Gasteiger partial charge in [-0.25, -0.2) is 4.79 Å². The summed E-state index contributed by atoms with van der Waals surface area (Å²) < 4.78 is 10.3. The molecule has 0 aliphatic carbocycles. The SMILES string of the molecule is CCCCOC(=O)c1ccc(NC(=O)COC(=O)[C@@H]2CC(=O)N(c3cc(C)cc(C)c3)C2)cc1. The van der Waals surface area contributed by atoms with E-state index in [2.05, 4.69) is 5.32 Å². The Kier molecular flexibility index (Phi) is 8.40. The number of unbranched alkanes of at least 4 members (excludes halogenated alkanes) is 1. The zero-order valence-electron chi connectivity index (χ0n) is 19.8. The van der Waals surface area contributed by atoms with Crippen molar-refractivity contribution in [2.45, 2.75) is 40.0 Å². The molecule has 1 saturated heterocycles. The lowest BCUT2D eigenvalue weighted by molar-refractivity contribution is -0.151. The van der Waals surface area contributed by atoms with Crippen LogP contribution in [0.3, 0.4) is 0 Å². The van der Waals surface area contributed by atoms with Crippen LogP contribution in [-0.4, -0.2) is 43.5 Å². The Bertz CT molecular complexity index is 1040. The van der Waals surface area contributed by atoms with Crippen molar-refractivity contribution in [2.24, 2.45) is 5.92 Å². The molecule has 0 unspecified atom stereocenters. The van der Waals surface area contributed by atoms with Crippen molar-refractivity contribution >= 4 is 35.1 Å². The second-order valence-electron chi connectivity index (χ2n) is 8.47. The molecule has 180 valence electrons. The quantitative estimate of drug-likeness (QED) is 0.446. The number of nitrogens with zero attached hydrogens (tertiary/aromatic N) is 1. The van der Waals surface area contributed by atoms with Gasteiger partial charge in [-0.15, -0.1) is 0 Å². The van der Waals surface area contributed by atoms with Crippen LogP contribution in [0.4, 0.5) is 11.4 Å². The fraction of sp³-hybridized carbons (Fsp3) is 0.385. The van der Waals surface area contributed by atoms with Crippen molar-refractivity contribution in [3.63, 3.8) is 0 Å². The van der Waals surface area contributed by atoms with Gasteiger partial charge in [-0.05, 0) is 67.8 Å². The molecule has 8 heteroatoms. The number of amides is 2. The Morgan fingerprint density at radius 3 is 2.35 bits per heavy atom. The van der Waals surface area contributed by atoms with E-state index in [0.717, 1.165) is 29.7 Å². The maximum Gasteiger partial charge on any atom is 0.338 e. The summed E-state index contributed by atoms with van der Waals surface area (Å²) in [7, 11) is 0. The standard InChI is InChI=1S/C26H30N2O6/c1-4-5-10-33-25(31)19-6-8-21(9-7-19)27-23(29)16-34-26(32)20-14-24(30)28(15-20)22-12-17(2)11-18(3)13-22/h6-9,11-13,20H,4-5,10,14-16H2,1-3H3,(H,27,29)/t20-/m1/s1. The molecular weight excluding hydrogens is 436 g/mol. The van der Waals surface area contributed by atoms with Crippen molar-refractivity contribution in [1.82, 2.24) is 0 Å². The Morgan fingerprint density at radius 2 is 1.71 bits per heavy atom. The van der Waals surface area contributed by atoms with E-state index in [1.54, 1.807) is 29.2 Å². The van der Waals surface area contributed by atoms with E-state index in [1.807, 2.05) is 39.0 Å². The molecule has 1 heterocycles. The zero-order chi connectivity index (χ0) is 24.7. The highest BCUT2D eigenvalue weighted by Crippen LogP contribution is 2.27. The average molecular weight is 467 g/mol. The fourth-order valence-electron chi connectivity index (χ4n) is 3.76. The lowest BCUT2D eigenvalue weighted by Gasteiger charge is -2.18. The molecule has 1 aliphatic heterocycles. The number of hydrogen-bond donors (Lipinski definition) is 1. The molecule has 3 rings (SSSR count). The predicted molar refractivity (Wildman–Crippen MR) is 128 cm³/mol. The summed E-state index contributed by atoms with van der Waals surface area (Å²) in [4.78, 5) is 50.6. The van der Waals surface area contributed by atoms with Gasteiger partial charge >= 0.3 is 11.9 Å². The van der Waals surface area contributed by atoms with Gasteiger partial charge in [0.1, 0.15) is 0 Å². The van der Waals surface area contributed by atoms with Gasteiger partial charge in [0.05, 0.1) is 18.1 Å². The number of ether oxygens (including phenoxy) is 2. The lowest BCUT2D eigenvalue weighted by atomic mass is 10.1. The van der Waals surface area contributed by atoms with Gasteiger partial charge in [-0.2, -0.15) is 0 Å². The van der Waals surface area contributed by atoms with E-state index >= 15 is 0 Å². The summed E-state index contributed by atoms with van der Waals surface area (Å²) in [5.41, 5.74) is 3.68. The number of hydrogen-bond acceptors (Lipinski definition) is 6. The van der Waals surface area contributed by atoms with Gasteiger partial charge in [0.15, 0.2) is 6.61 Å². The first-order valence-corrected chi connectivity index (χ1v) is 11.4. The van der Waals surface area contributed by atoms with Gasteiger partial charge in [0.2, 0.25) is 5.91 Å². The molecule has 34 heavy (non-hydrogen) atoms. The number of esters is 2. The summed E-state index contributed by atoms with van der Waals surface area (Å²) in [5, 5.41) is 2.62. The zero-order valence-corrected chi connectivity index (χ0v) is 19.8. The summed E-state index contributed by atoms with van der Waals surface area (Å²) in [6.45, 7) is 6.04. The van der Waals surface area contributed by atoms with E-state index in [0.29, 0.717) is 17.9 Å². The van der Waals surface area contributed by atoms with Crippen LogP contribution in [-0.2, 0) is 23.9 Å². The molecule has 0 saturated carbocycles. The lowest BCUT2D eigenvalue weighted by Crippen LogP contribution is -2.28. The third kappa shape index (κ3) is 6.66. The average Bonchev–Trinajstić information content (AvgIpc) is 3.19. The maximum absolute atomic E-state index is 12.5.